The lowest BCUT2D eigenvalue weighted by molar-refractivity contribution is -0.118. The summed E-state index contributed by atoms with van der Waals surface area (Å²) in [7, 11) is -3.24. The Labute approximate surface area is 185 Å². The van der Waals surface area contributed by atoms with Crippen molar-refractivity contribution in [2.75, 3.05) is 30.8 Å². The summed E-state index contributed by atoms with van der Waals surface area (Å²) in [6.07, 6.45) is 5.80. The fourth-order valence-corrected chi connectivity index (χ4v) is 4.95. The minimum absolute atomic E-state index is 0.0945. The Morgan fingerprint density at radius 1 is 1.13 bits per heavy atom. The molecule has 0 aromatic heterocycles. The normalized spacial score (nSPS) is 17.5. The van der Waals surface area contributed by atoms with Crippen molar-refractivity contribution >= 4 is 27.5 Å². The van der Waals surface area contributed by atoms with E-state index in [-0.39, 0.29) is 12.0 Å². The predicted octanol–water partition coefficient (Wildman–Crippen LogP) is 3.80. The molecular weight excluding hydrogens is 416 g/mol. The molecule has 0 atom stereocenters. The van der Waals surface area contributed by atoms with Crippen LogP contribution in [0.1, 0.15) is 58.4 Å². The zero-order chi connectivity index (χ0) is 22.8. The minimum atomic E-state index is -3.24. The number of fused-ring (bicyclic) bond motifs is 1. The highest BCUT2D eigenvalue weighted by molar-refractivity contribution is 7.90. The number of carbonyl (C=O) groups excluding carboxylic acids is 2. The molecule has 0 saturated carbocycles. The van der Waals surface area contributed by atoms with Gasteiger partial charge in [0.05, 0.1) is 4.90 Å². The van der Waals surface area contributed by atoms with Gasteiger partial charge in [-0.2, -0.15) is 0 Å². The lowest BCUT2D eigenvalue weighted by Gasteiger charge is -2.33. The van der Waals surface area contributed by atoms with Gasteiger partial charge in [-0.25, -0.2) is 13.2 Å². The first-order valence-corrected chi connectivity index (χ1v) is 12.9. The van der Waals surface area contributed by atoms with Gasteiger partial charge in [0.15, 0.2) is 9.84 Å². The van der Waals surface area contributed by atoms with Gasteiger partial charge in [0.25, 0.3) is 0 Å². The number of benzene rings is 1. The number of piperidine rings is 1. The molecule has 1 aromatic carbocycles. The lowest BCUT2D eigenvalue weighted by Crippen LogP contribution is -2.41. The zero-order valence-corrected chi connectivity index (χ0v) is 19.8. The topological polar surface area (TPSA) is 84.0 Å². The van der Waals surface area contributed by atoms with E-state index in [1.165, 1.54) is 6.26 Å². The van der Waals surface area contributed by atoms with Crippen LogP contribution in [-0.4, -0.2) is 56.8 Å². The van der Waals surface area contributed by atoms with Gasteiger partial charge in [0, 0.05) is 38.0 Å². The Morgan fingerprint density at radius 2 is 1.81 bits per heavy atom. The summed E-state index contributed by atoms with van der Waals surface area (Å²) in [6.45, 7) is 7.63. The average Bonchev–Trinajstić information content (AvgIpc) is 3.10. The van der Waals surface area contributed by atoms with E-state index in [0.29, 0.717) is 43.3 Å². The highest BCUT2D eigenvalue weighted by Crippen LogP contribution is 2.31. The summed E-state index contributed by atoms with van der Waals surface area (Å²) < 4.78 is 28.9. The fraction of sp³-hybridized carbons (Fsp3) is 0.652. The molecule has 0 unspecified atom stereocenters. The highest BCUT2D eigenvalue weighted by atomic mass is 32.2. The smallest absolute Gasteiger partial charge is 0.410 e. The SMILES string of the molecule is CC(C)(C)OC(=O)N1CCC(CCCC(=O)N2CCc3cc(S(C)(=O)=O)ccc32)CC1. The van der Waals surface area contributed by atoms with E-state index in [9.17, 15) is 18.0 Å². The van der Waals surface area contributed by atoms with Crippen LogP contribution in [0.2, 0.25) is 0 Å². The van der Waals surface area contributed by atoms with E-state index in [1.54, 1.807) is 28.0 Å². The molecule has 0 spiro atoms. The van der Waals surface area contributed by atoms with E-state index < -0.39 is 15.4 Å². The molecule has 7 nitrogen and oxygen atoms in total. The van der Waals surface area contributed by atoms with E-state index in [0.717, 1.165) is 36.9 Å². The Morgan fingerprint density at radius 3 is 2.42 bits per heavy atom. The molecule has 2 heterocycles. The summed E-state index contributed by atoms with van der Waals surface area (Å²) in [5, 5.41) is 0. The summed E-state index contributed by atoms with van der Waals surface area (Å²) in [5.74, 6) is 0.617. The van der Waals surface area contributed by atoms with Gasteiger partial charge < -0.3 is 14.5 Å². The van der Waals surface area contributed by atoms with Crippen LogP contribution in [0, 0.1) is 5.92 Å². The van der Waals surface area contributed by atoms with Gasteiger partial charge in [0.1, 0.15) is 5.60 Å². The summed E-state index contributed by atoms with van der Waals surface area (Å²) >= 11 is 0. The van der Waals surface area contributed by atoms with Gasteiger partial charge in [-0.15, -0.1) is 0 Å². The average molecular weight is 451 g/mol. The van der Waals surface area contributed by atoms with Crippen molar-refractivity contribution in [3.63, 3.8) is 0 Å². The second-order valence-corrected chi connectivity index (χ2v) is 11.7. The summed E-state index contributed by atoms with van der Waals surface area (Å²) in [5.41, 5.74) is 1.28. The molecule has 172 valence electrons. The van der Waals surface area contributed by atoms with Crippen LogP contribution >= 0.6 is 0 Å². The van der Waals surface area contributed by atoms with E-state index in [4.69, 9.17) is 4.74 Å². The van der Waals surface area contributed by atoms with Crippen LogP contribution in [0.15, 0.2) is 23.1 Å². The monoisotopic (exact) mass is 450 g/mol. The molecule has 0 bridgehead atoms. The number of hydrogen-bond acceptors (Lipinski definition) is 5. The summed E-state index contributed by atoms with van der Waals surface area (Å²) in [6, 6.07) is 5.03. The number of carbonyl (C=O) groups is 2. The molecule has 3 rings (SSSR count). The third-order valence-corrected chi connectivity index (χ3v) is 7.06. The molecule has 0 aliphatic carbocycles. The molecule has 2 aliphatic heterocycles. The first kappa shape index (κ1) is 23.6. The number of sulfone groups is 1. The maximum atomic E-state index is 12.7. The Hall–Kier alpha value is -2.09. The van der Waals surface area contributed by atoms with Crippen LogP contribution in [0.25, 0.3) is 0 Å². The van der Waals surface area contributed by atoms with E-state index >= 15 is 0 Å². The van der Waals surface area contributed by atoms with Crippen molar-refractivity contribution in [3.8, 4) is 0 Å². The number of anilines is 1. The van der Waals surface area contributed by atoms with Crippen LogP contribution in [0.4, 0.5) is 10.5 Å². The number of ether oxygens (including phenoxy) is 1. The van der Waals surface area contributed by atoms with E-state index in [2.05, 4.69) is 0 Å². The summed E-state index contributed by atoms with van der Waals surface area (Å²) in [4.78, 5) is 28.8. The van der Waals surface area contributed by atoms with Gasteiger partial charge >= 0.3 is 6.09 Å². The number of amides is 2. The molecule has 1 fully saturated rings. The zero-order valence-electron chi connectivity index (χ0n) is 19.0. The molecular formula is C23H34N2O5S. The fourth-order valence-electron chi connectivity index (χ4n) is 4.28. The van der Waals surface area contributed by atoms with Crippen molar-refractivity contribution in [3.05, 3.63) is 23.8 Å². The quantitative estimate of drug-likeness (QED) is 0.681. The first-order chi connectivity index (χ1) is 14.4. The van der Waals surface area contributed by atoms with Crippen molar-refractivity contribution in [1.29, 1.82) is 0 Å². The third kappa shape index (κ3) is 6.21. The van der Waals surface area contributed by atoms with Gasteiger partial charge in [-0.1, -0.05) is 0 Å². The highest BCUT2D eigenvalue weighted by Gasteiger charge is 2.28. The Balaban J connectivity index is 1.44. The molecule has 0 radical (unpaired) electrons. The lowest BCUT2D eigenvalue weighted by atomic mass is 9.91. The molecule has 8 heteroatoms. The maximum absolute atomic E-state index is 12.7. The molecule has 2 amide bonds. The number of likely N-dealkylation sites (tertiary alicyclic amines) is 1. The standard InChI is InChI=1S/C23H34N2O5S/c1-23(2,3)30-22(27)24-13-10-17(11-14-24)6-5-7-21(26)25-15-12-18-16-19(31(4,28)29)8-9-20(18)25/h8-9,16-17H,5-7,10-15H2,1-4H3. The van der Waals surface area contributed by atoms with Gasteiger partial charge in [-0.3, -0.25) is 4.79 Å². The number of hydrogen-bond donors (Lipinski definition) is 0. The second kappa shape index (κ2) is 9.18. The maximum Gasteiger partial charge on any atom is 0.410 e. The second-order valence-electron chi connectivity index (χ2n) is 9.66. The molecule has 1 aromatic rings. The van der Waals surface area contributed by atoms with Gasteiger partial charge in [0.2, 0.25) is 5.91 Å². The van der Waals surface area contributed by atoms with Crippen molar-refractivity contribution in [2.45, 2.75) is 69.8 Å². The van der Waals surface area contributed by atoms with Crippen LogP contribution in [0.3, 0.4) is 0 Å². The van der Waals surface area contributed by atoms with Crippen molar-refractivity contribution in [2.24, 2.45) is 5.92 Å². The van der Waals surface area contributed by atoms with Crippen molar-refractivity contribution in [1.82, 2.24) is 4.90 Å². The third-order valence-electron chi connectivity index (χ3n) is 5.94. The molecule has 0 N–H and O–H groups in total. The molecule has 31 heavy (non-hydrogen) atoms. The molecule has 2 aliphatic rings. The Kier molecular flexibility index (Phi) is 6.98. The van der Waals surface area contributed by atoms with Crippen LogP contribution < -0.4 is 4.90 Å². The largest absolute Gasteiger partial charge is 0.444 e. The van der Waals surface area contributed by atoms with Crippen LogP contribution in [-0.2, 0) is 25.8 Å². The minimum Gasteiger partial charge on any atom is -0.444 e. The first-order valence-electron chi connectivity index (χ1n) is 11.1. The van der Waals surface area contributed by atoms with Gasteiger partial charge in [-0.05, 0) is 82.6 Å². The number of nitrogens with zero attached hydrogens (tertiary/aromatic N) is 2. The molecule has 1 saturated heterocycles. The number of rotatable bonds is 5. The van der Waals surface area contributed by atoms with Crippen molar-refractivity contribution < 1.29 is 22.7 Å². The van der Waals surface area contributed by atoms with E-state index in [1.807, 2.05) is 20.8 Å². The Bertz CT molecular complexity index is 928. The predicted molar refractivity (Wildman–Crippen MR) is 120 cm³/mol. The van der Waals surface area contributed by atoms with Crippen LogP contribution in [0.5, 0.6) is 0 Å².